The van der Waals surface area contributed by atoms with Crippen molar-refractivity contribution in [3.8, 4) is 5.75 Å². The quantitative estimate of drug-likeness (QED) is 0.593. The lowest BCUT2D eigenvalue weighted by Gasteiger charge is -2.32. The molecule has 4 rings (SSSR count). The third kappa shape index (κ3) is 5.27. The van der Waals surface area contributed by atoms with Crippen LogP contribution in [0.3, 0.4) is 0 Å². The summed E-state index contributed by atoms with van der Waals surface area (Å²) in [6.45, 7) is 3.15. The standard InChI is InChI=1S/C25H29N3O5/c1-17-14-19(32-2)10-11-20(17)26-23(29)12-9-18-6-5-13-27(15-18)24(30)16-28-21-7-3-4-8-22(21)33-25(28)31/h3-4,7-8,10-11,14,18H,5-6,9,12-13,15-16H2,1-2H3,(H,26,29). The Hall–Kier alpha value is -3.55. The summed E-state index contributed by atoms with van der Waals surface area (Å²) >= 11 is 0. The van der Waals surface area contributed by atoms with E-state index in [-0.39, 0.29) is 24.3 Å². The Morgan fingerprint density at radius 3 is 2.82 bits per heavy atom. The fourth-order valence-electron chi connectivity index (χ4n) is 4.38. The highest BCUT2D eigenvalue weighted by molar-refractivity contribution is 5.91. The monoisotopic (exact) mass is 451 g/mol. The fourth-order valence-corrected chi connectivity index (χ4v) is 4.38. The molecule has 1 aliphatic rings. The smallest absolute Gasteiger partial charge is 0.420 e. The van der Waals surface area contributed by atoms with Crippen molar-refractivity contribution >= 4 is 28.6 Å². The number of oxazole rings is 1. The predicted molar refractivity (Wildman–Crippen MR) is 125 cm³/mol. The number of methoxy groups -OCH3 is 1. The number of carbonyl (C=O) groups excluding carboxylic acids is 2. The van der Waals surface area contributed by atoms with Gasteiger partial charge in [-0.25, -0.2) is 4.79 Å². The van der Waals surface area contributed by atoms with Gasteiger partial charge in [0.1, 0.15) is 12.3 Å². The van der Waals surface area contributed by atoms with Crippen molar-refractivity contribution in [3.05, 3.63) is 58.6 Å². The largest absolute Gasteiger partial charge is 0.497 e. The van der Waals surface area contributed by atoms with Gasteiger partial charge in [0.25, 0.3) is 0 Å². The molecule has 0 aliphatic carbocycles. The van der Waals surface area contributed by atoms with Crippen molar-refractivity contribution in [2.24, 2.45) is 5.92 Å². The Labute approximate surface area is 192 Å². The Kier molecular flexibility index (Phi) is 6.82. The lowest BCUT2D eigenvalue weighted by Crippen LogP contribution is -2.42. The average Bonchev–Trinajstić information content (AvgIpc) is 3.14. The number of hydrogen-bond donors (Lipinski definition) is 1. The molecule has 0 bridgehead atoms. The van der Waals surface area contributed by atoms with E-state index >= 15 is 0 Å². The van der Waals surface area contributed by atoms with Crippen LogP contribution >= 0.6 is 0 Å². The summed E-state index contributed by atoms with van der Waals surface area (Å²) < 4.78 is 11.8. The van der Waals surface area contributed by atoms with Crippen LogP contribution in [0, 0.1) is 12.8 Å². The van der Waals surface area contributed by atoms with Crippen molar-refractivity contribution in [2.75, 3.05) is 25.5 Å². The van der Waals surface area contributed by atoms with Crippen molar-refractivity contribution in [2.45, 2.75) is 39.2 Å². The zero-order valence-electron chi connectivity index (χ0n) is 19.0. The number of carbonyl (C=O) groups is 2. The molecule has 3 aromatic rings. The third-order valence-electron chi connectivity index (χ3n) is 6.23. The van der Waals surface area contributed by atoms with Gasteiger partial charge in [-0.3, -0.25) is 14.2 Å². The Morgan fingerprint density at radius 2 is 2.03 bits per heavy atom. The molecule has 0 saturated carbocycles. The molecule has 1 atom stereocenters. The summed E-state index contributed by atoms with van der Waals surface area (Å²) in [5.74, 6) is 0.338. The molecule has 174 valence electrons. The number of para-hydroxylation sites is 2. The second-order valence-electron chi connectivity index (χ2n) is 8.54. The van der Waals surface area contributed by atoms with Crippen LogP contribution in [0.4, 0.5) is 5.69 Å². The average molecular weight is 452 g/mol. The number of amides is 2. The lowest BCUT2D eigenvalue weighted by molar-refractivity contribution is -0.133. The van der Waals surface area contributed by atoms with Crippen LogP contribution < -0.4 is 15.8 Å². The van der Waals surface area contributed by atoms with E-state index in [2.05, 4.69) is 5.32 Å². The molecule has 1 unspecified atom stereocenters. The minimum absolute atomic E-state index is 0.0388. The van der Waals surface area contributed by atoms with Crippen LogP contribution in [-0.2, 0) is 16.1 Å². The zero-order valence-corrected chi connectivity index (χ0v) is 19.0. The Balaban J connectivity index is 1.31. The van der Waals surface area contributed by atoms with Gasteiger partial charge in [-0.2, -0.15) is 0 Å². The molecule has 1 aliphatic heterocycles. The van der Waals surface area contributed by atoms with Gasteiger partial charge in [0, 0.05) is 25.2 Å². The van der Waals surface area contributed by atoms with E-state index < -0.39 is 5.76 Å². The Morgan fingerprint density at radius 1 is 1.21 bits per heavy atom. The number of benzene rings is 2. The first kappa shape index (κ1) is 22.6. The normalized spacial score (nSPS) is 16.1. The topological polar surface area (TPSA) is 93.8 Å². The summed E-state index contributed by atoms with van der Waals surface area (Å²) in [4.78, 5) is 39.4. The number of rotatable bonds is 7. The van der Waals surface area contributed by atoms with Crippen LogP contribution in [0.5, 0.6) is 5.75 Å². The lowest BCUT2D eigenvalue weighted by atomic mass is 9.93. The summed E-state index contributed by atoms with van der Waals surface area (Å²) in [7, 11) is 1.61. The van der Waals surface area contributed by atoms with E-state index in [9.17, 15) is 14.4 Å². The minimum atomic E-state index is -0.524. The maximum atomic E-state index is 12.9. The van der Waals surface area contributed by atoms with Crippen molar-refractivity contribution in [1.29, 1.82) is 0 Å². The molecule has 1 N–H and O–H groups in total. The molecule has 8 nitrogen and oxygen atoms in total. The highest BCUT2D eigenvalue weighted by Crippen LogP contribution is 2.24. The maximum absolute atomic E-state index is 12.9. The fraction of sp³-hybridized carbons (Fsp3) is 0.400. The van der Waals surface area contributed by atoms with Gasteiger partial charge in [-0.15, -0.1) is 0 Å². The van der Waals surface area contributed by atoms with Crippen molar-refractivity contribution in [1.82, 2.24) is 9.47 Å². The van der Waals surface area contributed by atoms with Gasteiger partial charge >= 0.3 is 5.76 Å². The van der Waals surface area contributed by atoms with Gasteiger partial charge in [0.2, 0.25) is 11.8 Å². The molecule has 8 heteroatoms. The molecule has 1 saturated heterocycles. The molecule has 1 fully saturated rings. The highest BCUT2D eigenvalue weighted by Gasteiger charge is 2.25. The van der Waals surface area contributed by atoms with Gasteiger partial charge < -0.3 is 19.4 Å². The summed E-state index contributed by atoms with van der Waals surface area (Å²) in [6, 6.07) is 12.6. The molecular formula is C25H29N3O5. The van der Waals surface area contributed by atoms with Gasteiger partial charge in [-0.05, 0) is 68.0 Å². The molecule has 2 aromatic carbocycles. The number of nitrogens with one attached hydrogen (secondary N) is 1. The summed E-state index contributed by atoms with van der Waals surface area (Å²) in [5.41, 5.74) is 2.82. The molecule has 1 aromatic heterocycles. The first-order valence-corrected chi connectivity index (χ1v) is 11.2. The Bertz CT molecular complexity index is 1210. The number of fused-ring (bicyclic) bond motifs is 1. The second kappa shape index (κ2) is 9.94. The van der Waals surface area contributed by atoms with E-state index in [1.165, 1.54) is 4.57 Å². The van der Waals surface area contributed by atoms with Crippen molar-refractivity contribution < 1.29 is 18.7 Å². The van der Waals surface area contributed by atoms with Crippen LogP contribution in [0.25, 0.3) is 11.1 Å². The number of ether oxygens (including phenoxy) is 1. The zero-order chi connectivity index (χ0) is 23.4. The molecular weight excluding hydrogens is 422 g/mol. The van der Waals surface area contributed by atoms with E-state index in [0.29, 0.717) is 37.0 Å². The van der Waals surface area contributed by atoms with Crippen LogP contribution in [0.1, 0.15) is 31.2 Å². The second-order valence-corrected chi connectivity index (χ2v) is 8.54. The molecule has 2 heterocycles. The molecule has 2 amide bonds. The SMILES string of the molecule is COc1ccc(NC(=O)CCC2CCCN(C(=O)Cn3c(=O)oc4ccccc43)C2)c(C)c1. The summed E-state index contributed by atoms with van der Waals surface area (Å²) in [6.07, 6.45) is 2.97. The predicted octanol–water partition coefficient (Wildman–Crippen LogP) is 3.57. The number of piperidine rings is 1. The van der Waals surface area contributed by atoms with E-state index in [4.69, 9.17) is 9.15 Å². The summed E-state index contributed by atoms with van der Waals surface area (Å²) in [5, 5.41) is 2.96. The van der Waals surface area contributed by atoms with Gasteiger partial charge in [-0.1, -0.05) is 12.1 Å². The number of aryl methyl sites for hydroxylation is 1. The number of nitrogens with zero attached hydrogens (tertiary/aromatic N) is 2. The van der Waals surface area contributed by atoms with E-state index in [0.717, 1.165) is 29.8 Å². The minimum Gasteiger partial charge on any atom is -0.497 e. The van der Waals surface area contributed by atoms with Gasteiger partial charge in [0.05, 0.1) is 12.6 Å². The van der Waals surface area contributed by atoms with Crippen LogP contribution in [0.2, 0.25) is 0 Å². The van der Waals surface area contributed by atoms with E-state index in [1.54, 1.807) is 30.2 Å². The number of anilines is 1. The number of aromatic nitrogens is 1. The van der Waals surface area contributed by atoms with Gasteiger partial charge in [0.15, 0.2) is 5.58 Å². The molecule has 0 spiro atoms. The van der Waals surface area contributed by atoms with Crippen molar-refractivity contribution in [3.63, 3.8) is 0 Å². The van der Waals surface area contributed by atoms with Crippen LogP contribution in [0.15, 0.2) is 51.7 Å². The van der Waals surface area contributed by atoms with E-state index in [1.807, 2.05) is 31.2 Å². The molecule has 0 radical (unpaired) electrons. The first-order chi connectivity index (χ1) is 15.9. The third-order valence-corrected chi connectivity index (χ3v) is 6.23. The molecule has 33 heavy (non-hydrogen) atoms. The highest BCUT2D eigenvalue weighted by atomic mass is 16.5. The maximum Gasteiger partial charge on any atom is 0.420 e. The number of hydrogen-bond acceptors (Lipinski definition) is 5. The number of likely N-dealkylation sites (tertiary alicyclic amines) is 1. The first-order valence-electron chi connectivity index (χ1n) is 11.2. The van der Waals surface area contributed by atoms with Crippen LogP contribution in [-0.4, -0.2) is 41.5 Å².